The van der Waals surface area contributed by atoms with Gasteiger partial charge in [0.1, 0.15) is 0 Å². The molecular formula is C7H17N3O2S. The lowest BCUT2D eigenvalue weighted by Gasteiger charge is -2.15. The third-order valence-corrected chi connectivity index (χ3v) is 3.70. The van der Waals surface area contributed by atoms with Gasteiger partial charge in [0.15, 0.2) is 0 Å². The predicted octanol–water partition coefficient (Wildman–Crippen LogP) is -0.880. The van der Waals surface area contributed by atoms with Crippen LogP contribution in [0, 0.1) is 5.92 Å². The van der Waals surface area contributed by atoms with Gasteiger partial charge in [-0.25, -0.2) is 4.72 Å². The maximum atomic E-state index is 11.2. The molecule has 1 aliphatic rings. The molecule has 0 bridgehead atoms. The van der Waals surface area contributed by atoms with Crippen molar-refractivity contribution in [3.63, 3.8) is 0 Å². The van der Waals surface area contributed by atoms with Crippen molar-refractivity contribution in [1.82, 2.24) is 9.03 Å². The van der Waals surface area contributed by atoms with Gasteiger partial charge in [0.05, 0.1) is 0 Å². The molecule has 5 nitrogen and oxygen atoms in total. The number of rotatable bonds is 5. The van der Waals surface area contributed by atoms with Gasteiger partial charge in [-0.1, -0.05) is 0 Å². The van der Waals surface area contributed by atoms with Crippen LogP contribution >= 0.6 is 0 Å². The first-order chi connectivity index (χ1) is 5.93. The largest absolute Gasteiger partial charge is 0.326 e. The average molecular weight is 207 g/mol. The zero-order valence-electron chi connectivity index (χ0n) is 8.03. The summed E-state index contributed by atoms with van der Waals surface area (Å²) in [4.78, 5) is 0. The fraction of sp³-hybridized carbons (Fsp3) is 1.00. The van der Waals surface area contributed by atoms with E-state index in [9.17, 15) is 8.42 Å². The molecular weight excluding hydrogens is 190 g/mol. The minimum atomic E-state index is -3.30. The SMILES string of the molecule is CN(C)S(=O)(=O)NCC(N)C1CC1. The van der Waals surface area contributed by atoms with E-state index in [1.165, 1.54) is 14.1 Å². The molecule has 0 aromatic carbocycles. The second-order valence-electron chi connectivity index (χ2n) is 3.64. The summed E-state index contributed by atoms with van der Waals surface area (Å²) in [5.41, 5.74) is 5.74. The van der Waals surface area contributed by atoms with Crippen molar-refractivity contribution in [3.8, 4) is 0 Å². The van der Waals surface area contributed by atoms with Crippen LogP contribution in [0.15, 0.2) is 0 Å². The highest BCUT2D eigenvalue weighted by atomic mass is 32.2. The highest BCUT2D eigenvalue weighted by Crippen LogP contribution is 2.31. The van der Waals surface area contributed by atoms with Crippen molar-refractivity contribution in [2.45, 2.75) is 18.9 Å². The van der Waals surface area contributed by atoms with Crippen LogP contribution < -0.4 is 10.5 Å². The molecule has 3 N–H and O–H groups in total. The lowest BCUT2D eigenvalue weighted by Crippen LogP contribution is -2.43. The summed E-state index contributed by atoms with van der Waals surface area (Å²) in [6.45, 7) is 0.338. The number of hydrogen-bond donors (Lipinski definition) is 2. The van der Waals surface area contributed by atoms with Crippen molar-refractivity contribution >= 4 is 10.2 Å². The predicted molar refractivity (Wildman–Crippen MR) is 51.3 cm³/mol. The molecule has 0 aliphatic heterocycles. The Balaban J connectivity index is 2.32. The van der Waals surface area contributed by atoms with Gasteiger partial charge < -0.3 is 5.73 Å². The summed E-state index contributed by atoms with van der Waals surface area (Å²) in [6.07, 6.45) is 2.26. The van der Waals surface area contributed by atoms with E-state index in [-0.39, 0.29) is 6.04 Å². The van der Waals surface area contributed by atoms with Gasteiger partial charge >= 0.3 is 0 Å². The smallest absolute Gasteiger partial charge is 0.278 e. The highest BCUT2D eigenvalue weighted by molar-refractivity contribution is 7.87. The van der Waals surface area contributed by atoms with E-state index in [0.29, 0.717) is 12.5 Å². The van der Waals surface area contributed by atoms with Crippen LogP contribution in [-0.2, 0) is 10.2 Å². The summed E-state index contributed by atoms with van der Waals surface area (Å²) < 4.78 is 26.1. The molecule has 0 aromatic rings. The quantitative estimate of drug-likeness (QED) is 0.614. The molecule has 1 unspecified atom stereocenters. The van der Waals surface area contributed by atoms with Crippen LogP contribution in [0.3, 0.4) is 0 Å². The Morgan fingerprint density at radius 3 is 2.46 bits per heavy atom. The van der Waals surface area contributed by atoms with E-state index in [2.05, 4.69) is 4.72 Å². The Kier molecular flexibility index (Phi) is 3.28. The van der Waals surface area contributed by atoms with Gasteiger partial charge in [-0.15, -0.1) is 0 Å². The second-order valence-corrected chi connectivity index (χ2v) is 5.61. The summed E-state index contributed by atoms with van der Waals surface area (Å²) in [7, 11) is -0.314. The minimum Gasteiger partial charge on any atom is -0.326 e. The van der Waals surface area contributed by atoms with Crippen LogP contribution in [-0.4, -0.2) is 39.4 Å². The molecule has 1 atom stereocenters. The van der Waals surface area contributed by atoms with Crippen molar-refractivity contribution in [1.29, 1.82) is 0 Å². The lowest BCUT2D eigenvalue weighted by atomic mass is 10.2. The number of nitrogens with zero attached hydrogens (tertiary/aromatic N) is 1. The molecule has 1 fully saturated rings. The zero-order valence-corrected chi connectivity index (χ0v) is 8.84. The van der Waals surface area contributed by atoms with Crippen LogP contribution in [0.2, 0.25) is 0 Å². The number of hydrogen-bond acceptors (Lipinski definition) is 3. The summed E-state index contributed by atoms with van der Waals surface area (Å²) in [6, 6.07) is -0.0327. The van der Waals surface area contributed by atoms with Gasteiger partial charge in [-0.3, -0.25) is 0 Å². The summed E-state index contributed by atoms with van der Waals surface area (Å²) in [5.74, 6) is 0.518. The van der Waals surface area contributed by atoms with Gasteiger partial charge in [0, 0.05) is 26.7 Å². The Morgan fingerprint density at radius 2 is 2.08 bits per heavy atom. The first kappa shape index (κ1) is 10.9. The van der Waals surface area contributed by atoms with Crippen molar-refractivity contribution in [2.75, 3.05) is 20.6 Å². The van der Waals surface area contributed by atoms with Gasteiger partial charge in [0.25, 0.3) is 10.2 Å². The van der Waals surface area contributed by atoms with Gasteiger partial charge in [0.2, 0.25) is 0 Å². The van der Waals surface area contributed by atoms with Crippen molar-refractivity contribution < 1.29 is 8.42 Å². The topological polar surface area (TPSA) is 75.4 Å². The molecule has 0 amide bonds. The second kappa shape index (κ2) is 3.91. The maximum absolute atomic E-state index is 11.2. The molecule has 0 heterocycles. The van der Waals surface area contributed by atoms with Crippen LogP contribution in [0.4, 0.5) is 0 Å². The van der Waals surface area contributed by atoms with Gasteiger partial charge in [-0.05, 0) is 18.8 Å². The minimum absolute atomic E-state index is 0.0327. The fourth-order valence-corrected chi connectivity index (χ4v) is 1.68. The molecule has 1 rings (SSSR count). The Bertz CT molecular complexity index is 259. The first-order valence-corrected chi connectivity index (χ1v) is 5.80. The molecule has 0 radical (unpaired) electrons. The molecule has 0 aromatic heterocycles. The highest BCUT2D eigenvalue weighted by Gasteiger charge is 2.29. The third-order valence-electron chi connectivity index (χ3n) is 2.21. The molecule has 0 spiro atoms. The van der Waals surface area contributed by atoms with Crippen LogP contribution in [0.25, 0.3) is 0 Å². The van der Waals surface area contributed by atoms with E-state index in [0.717, 1.165) is 17.1 Å². The lowest BCUT2D eigenvalue weighted by molar-refractivity contribution is 0.492. The maximum Gasteiger partial charge on any atom is 0.278 e. The van der Waals surface area contributed by atoms with E-state index >= 15 is 0 Å². The van der Waals surface area contributed by atoms with E-state index in [4.69, 9.17) is 5.73 Å². The van der Waals surface area contributed by atoms with Gasteiger partial charge in [-0.2, -0.15) is 12.7 Å². The number of nitrogens with two attached hydrogens (primary N) is 1. The standard InChI is InChI=1S/C7H17N3O2S/c1-10(2)13(11,12)9-5-7(8)6-3-4-6/h6-7,9H,3-5,8H2,1-2H3. The van der Waals surface area contributed by atoms with Crippen LogP contribution in [0.1, 0.15) is 12.8 Å². The van der Waals surface area contributed by atoms with E-state index < -0.39 is 10.2 Å². The Labute approximate surface area is 79.5 Å². The third kappa shape index (κ3) is 3.22. The summed E-state index contributed by atoms with van der Waals surface area (Å²) in [5, 5.41) is 0. The average Bonchev–Trinajstić information content (AvgIpc) is 2.82. The van der Waals surface area contributed by atoms with E-state index in [1.54, 1.807) is 0 Å². The number of nitrogens with one attached hydrogen (secondary N) is 1. The molecule has 1 aliphatic carbocycles. The first-order valence-electron chi connectivity index (χ1n) is 4.36. The Morgan fingerprint density at radius 1 is 1.54 bits per heavy atom. The summed E-state index contributed by atoms with van der Waals surface area (Å²) >= 11 is 0. The van der Waals surface area contributed by atoms with Crippen LogP contribution in [0.5, 0.6) is 0 Å². The molecule has 1 saturated carbocycles. The molecule has 78 valence electrons. The molecule has 6 heteroatoms. The Hall–Kier alpha value is -0.170. The van der Waals surface area contributed by atoms with E-state index in [1.807, 2.05) is 0 Å². The monoisotopic (exact) mass is 207 g/mol. The molecule has 13 heavy (non-hydrogen) atoms. The van der Waals surface area contributed by atoms with Crippen molar-refractivity contribution in [2.24, 2.45) is 11.7 Å². The zero-order chi connectivity index (χ0) is 10.1. The van der Waals surface area contributed by atoms with Crippen molar-refractivity contribution in [3.05, 3.63) is 0 Å². The normalized spacial score (nSPS) is 20.6. The fourth-order valence-electron chi connectivity index (χ4n) is 1.02. The molecule has 0 saturated heterocycles.